The molecule has 1 saturated heterocycles. The molecule has 1 saturated carbocycles. The van der Waals surface area contributed by atoms with Crippen molar-refractivity contribution in [1.29, 1.82) is 0 Å². The Morgan fingerprint density at radius 1 is 1.12 bits per heavy atom. The zero-order chi connectivity index (χ0) is 17.0. The van der Waals surface area contributed by atoms with Gasteiger partial charge in [-0.25, -0.2) is 13.7 Å². The number of amides is 2. The van der Waals surface area contributed by atoms with E-state index < -0.39 is 0 Å². The molecule has 2 fully saturated rings. The number of nitrogens with zero attached hydrogens (tertiary/aromatic N) is 4. The third kappa shape index (κ3) is 2.45. The zero-order valence-electron chi connectivity index (χ0n) is 13.9. The molecule has 25 heavy (non-hydrogen) atoms. The molecule has 1 aliphatic heterocycles. The second kappa shape index (κ2) is 5.47. The van der Waals surface area contributed by atoms with E-state index in [0.717, 1.165) is 55.5 Å². The van der Waals surface area contributed by atoms with Gasteiger partial charge in [-0.15, -0.1) is 0 Å². The lowest BCUT2D eigenvalue weighted by Gasteiger charge is -2.33. The van der Waals surface area contributed by atoms with Crippen molar-refractivity contribution in [2.75, 3.05) is 13.1 Å². The molecule has 3 aromatic rings. The van der Waals surface area contributed by atoms with E-state index in [1.54, 1.807) is 18.3 Å². The molecule has 0 atom stereocenters. The number of rotatable bonds is 2. The van der Waals surface area contributed by atoms with E-state index in [1.165, 1.54) is 6.07 Å². The first-order chi connectivity index (χ1) is 12.2. The summed E-state index contributed by atoms with van der Waals surface area (Å²) in [7, 11) is 0. The molecule has 2 amide bonds. The number of benzene rings is 1. The van der Waals surface area contributed by atoms with Crippen LogP contribution in [0.15, 0.2) is 30.5 Å². The van der Waals surface area contributed by atoms with Crippen LogP contribution in [0.1, 0.15) is 31.7 Å². The molecule has 3 heterocycles. The van der Waals surface area contributed by atoms with Crippen molar-refractivity contribution in [1.82, 2.24) is 24.4 Å². The zero-order valence-corrected chi connectivity index (χ0v) is 13.9. The average Bonchev–Trinajstić information content (AvgIpc) is 3.21. The maximum atomic E-state index is 13.8. The van der Waals surface area contributed by atoms with Gasteiger partial charge >= 0.3 is 6.03 Å². The third-order valence-corrected chi connectivity index (χ3v) is 5.32. The van der Waals surface area contributed by atoms with Gasteiger partial charge in [-0.05, 0) is 43.9 Å². The topological polar surface area (TPSA) is 54.6 Å². The lowest BCUT2D eigenvalue weighted by molar-refractivity contribution is 0.173. The molecule has 2 aliphatic rings. The van der Waals surface area contributed by atoms with Crippen LogP contribution in [-0.4, -0.2) is 44.2 Å². The molecule has 2 aromatic heterocycles. The van der Waals surface area contributed by atoms with Crippen molar-refractivity contribution in [2.24, 2.45) is 0 Å². The summed E-state index contributed by atoms with van der Waals surface area (Å²) in [6.07, 6.45) is 5.69. The Kier molecular flexibility index (Phi) is 3.23. The normalized spacial score (nSPS) is 19.0. The number of carbonyl (C=O) groups excluding carboxylic acids is 1. The predicted octanol–water partition coefficient (Wildman–Crippen LogP) is 2.94. The highest BCUT2D eigenvalue weighted by atomic mass is 19.1. The largest absolute Gasteiger partial charge is 0.335 e. The summed E-state index contributed by atoms with van der Waals surface area (Å²) < 4.78 is 17.9. The number of aromatic nitrogens is 3. The number of imidazole rings is 1. The first-order valence-corrected chi connectivity index (χ1v) is 8.89. The van der Waals surface area contributed by atoms with Crippen LogP contribution in [0.3, 0.4) is 0 Å². The summed E-state index contributed by atoms with van der Waals surface area (Å²) in [5.74, 6) is -0.240. The van der Waals surface area contributed by atoms with Gasteiger partial charge in [0.05, 0.1) is 17.2 Å². The molecule has 6 nitrogen and oxygen atoms in total. The molecule has 5 rings (SSSR count). The van der Waals surface area contributed by atoms with Crippen LogP contribution < -0.4 is 5.32 Å². The van der Waals surface area contributed by atoms with Crippen LogP contribution >= 0.6 is 0 Å². The number of likely N-dealkylation sites (tertiary alicyclic amines) is 1. The van der Waals surface area contributed by atoms with Gasteiger partial charge in [0, 0.05) is 31.2 Å². The second-order valence-corrected chi connectivity index (χ2v) is 7.05. The summed E-state index contributed by atoms with van der Waals surface area (Å²) in [6, 6.07) is 7.47. The number of piperidine rings is 1. The molecule has 0 spiro atoms. The maximum Gasteiger partial charge on any atom is 0.317 e. The number of halogens is 1. The van der Waals surface area contributed by atoms with Crippen molar-refractivity contribution in [2.45, 2.75) is 37.8 Å². The van der Waals surface area contributed by atoms with Gasteiger partial charge < -0.3 is 14.8 Å². The Balaban J connectivity index is 1.44. The molecule has 0 radical (unpaired) electrons. The lowest BCUT2D eigenvalue weighted by Crippen LogP contribution is -2.45. The molecular formula is C18H20FN5O. The van der Waals surface area contributed by atoms with E-state index >= 15 is 0 Å². The van der Waals surface area contributed by atoms with Crippen LogP contribution in [0.5, 0.6) is 0 Å². The van der Waals surface area contributed by atoms with E-state index in [9.17, 15) is 9.18 Å². The molecule has 0 unspecified atom stereocenters. The highest BCUT2D eigenvalue weighted by Crippen LogP contribution is 2.31. The highest BCUT2D eigenvalue weighted by molar-refractivity contribution is 5.81. The SMILES string of the molecule is O=C(NC1CC1)N1CCC(n2c3cc(F)ccc3n3nccc23)CC1. The summed E-state index contributed by atoms with van der Waals surface area (Å²) in [4.78, 5) is 14.1. The van der Waals surface area contributed by atoms with Gasteiger partial charge in [-0.2, -0.15) is 5.10 Å². The van der Waals surface area contributed by atoms with Crippen LogP contribution in [-0.2, 0) is 0 Å². The lowest BCUT2D eigenvalue weighted by atomic mass is 10.0. The quantitative estimate of drug-likeness (QED) is 0.779. The number of hydrogen-bond acceptors (Lipinski definition) is 2. The number of nitrogens with one attached hydrogen (secondary N) is 1. The minimum Gasteiger partial charge on any atom is -0.335 e. The Bertz CT molecular complexity index is 949. The van der Waals surface area contributed by atoms with E-state index in [-0.39, 0.29) is 17.9 Å². The standard InChI is InChI=1S/C18H20FN5O/c19-12-1-4-15-16(11-12)23(17-5-8-20-24(15)17)14-6-9-22(10-7-14)18(25)21-13-2-3-13/h1,4-5,8,11,13-14H,2-3,6-7,9-10H2,(H,21,25). The second-order valence-electron chi connectivity index (χ2n) is 7.05. The van der Waals surface area contributed by atoms with Crippen LogP contribution in [0.4, 0.5) is 9.18 Å². The van der Waals surface area contributed by atoms with Gasteiger partial charge in [0.1, 0.15) is 11.5 Å². The first kappa shape index (κ1) is 14.7. The van der Waals surface area contributed by atoms with Crippen molar-refractivity contribution in [3.8, 4) is 0 Å². The van der Waals surface area contributed by atoms with Gasteiger partial charge in [0.25, 0.3) is 0 Å². The average molecular weight is 341 g/mol. The number of urea groups is 1. The fourth-order valence-corrected chi connectivity index (χ4v) is 3.86. The molecule has 1 aromatic carbocycles. The number of fused-ring (bicyclic) bond motifs is 3. The molecule has 0 bridgehead atoms. The van der Waals surface area contributed by atoms with Crippen molar-refractivity contribution >= 4 is 22.7 Å². The van der Waals surface area contributed by atoms with Crippen LogP contribution in [0.2, 0.25) is 0 Å². The van der Waals surface area contributed by atoms with Gasteiger partial charge in [0.15, 0.2) is 0 Å². The van der Waals surface area contributed by atoms with E-state index in [2.05, 4.69) is 15.0 Å². The van der Waals surface area contributed by atoms with Gasteiger partial charge in [-0.1, -0.05) is 0 Å². The van der Waals surface area contributed by atoms with Crippen molar-refractivity contribution in [3.63, 3.8) is 0 Å². The van der Waals surface area contributed by atoms with Crippen molar-refractivity contribution in [3.05, 3.63) is 36.3 Å². The smallest absolute Gasteiger partial charge is 0.317 e. The Labute approximate surface area is 144 Å². The maximum absolute atomic E-state index is 13.8. The summed E-state index contributed by atoms with van der Waals surface area (Å²) >= 11 is 0. The first-order valence-electron chi connectivity index (χ1n) is 8.89. The predicted molar refractivity (Wildman–Crippen MR) is 92.0 cm³/mol. The Morgan fingerprint density at radius 2 is 1.92 bits per heavy atom. The van der Waals surface area contributed by atoms with E-state index in [1.807, 2.05) is 15.5 Å². The van der Waals surface area contributed by atoms with E-state index in [4.69, 9.17) is 0 Å². The van der Waals surface area contributed by atoms with Crippen LogP contribution in [0, 0.1) is 5.82 Å². The number of hydrogen-bond donors (Lipinski definition) is 1. The third-order valence-electron chi connectivity index (χ3n) is 5.32. The minimum absolute atomic E-state index is 0.0545. The number of carbonyl (C=O) groups is 1. The van der Waals surface area contributed by atoms with Gasteiger partial charge in [-0.3, -0.25) is 0 Å². The van der Waals surface area contributed by atoms with Crippen LogP contribution in [0.25, 0.3) is 16.7 Å². The highest BCUT2D eigenvalue weighted by Gasteiger charge is 2.30. The molecule has 1 N–H and O–H groups in total. The Morgan fingerprint density at radius 3 is 2.68 bits per heavy atom. The van der Waals surface area contributed by atoms with Gasteiger partial charge in [0.2, 0.25) is 0 Å². The summed E-state index contributed by atoms with van der Waals surface area (Å²) in [6.45, 7) is 1.44. The molecule has 130 valence electrons. The monoisotopic (exact) mass is 341 g/mol. The molecule has 1 aliphatic carbocycles. The van der Waals surface area contributed by atoms with Crippen molar-refractivity contribution < 1.29 is 9.18 Å². The Hall–Kier alpha value is -2.57. The summed E-state index contributed by atoms with van der Waals surface area (Å²) in [5.41, 5.74) is 2.75. The molecular weight excluding hydrogens is 321 g/mol. The summed E-state index contributed by atoms with van der Waals surface area (Å²) in [5, 5.41) is 7.43. The minimum atomic E-state index is -0.240. The fraction of sp³-hybridized carbons (Fsp3) is 0.444. The molecule has 7 heteroatoms. The fourth-order valence-electron chi connectivity index (χ4n) is 3.86. The van der Waals surface area contributed by atoms with E-state index in [0.29, 0.717) is 6.04 Å².